The molecule has 3 aromatic rings. The number of hydrogen-bond acceptors (Lipinski definition) is 5. The average Bonchev–Trinajstić information content (AvgIpc) is 3.12. The molecule has 1 N–H and O–H groups in total. The van der Waals surface area contributed by atoms with Crippen molar-refractivity contribution in [2.24, 2.45) is 5.92 Å². The lowest BCUT2D eigenvalue weighted by Gasteiger charge is -2.10. The van der Waals surface area contributed by atoms with Crippen molar-refractivity contribution in [2.75, 3.05) is 19.0 Å². The highest BCUT2D eigenvalue weighted by Gasteiger charge is 2.16. The van der Waals surface area contributed by atoms with Crippen LogP contribution in [-0.2, 0) is 4.79 Å². The summed E-state index contributed by atoms with van der Waals surface area (Å²) in [5.41, 5.74) is 2.34. The fraction of sp³-hybridized carbons (Fsp3) is 0.286. The number of carbonyl (C=O) groups is 1. The van der Waals surface area contributed by atoms with Crippen LogP contribution in [0.5, 0.6) is 11.8 Å². The second kappa shape index (κ2) is 8.56. The van der Waals surface area contributed by atoms with Gasteiger partial charge in [-0.3, -0.25) is 4.79 Å². The van der Waals surface area contributed by atoms with E-state index in [9.17, 15) is 4.79 Å². The summed E-state index contributed by atoms with van der Waals surface area (Å²) in [7, 11) is 1.63. The van der Waals surface area contributed by atoms with Crippen LogP contribution in [0.1, 0.15) is 20.8 Å². The minimum absolute atomic E-state index is 0.0406. The van der Waals surface area contributed by atoms with Gasteiger partial charge in [-0.25, -0.2) is 4.68 Å². The number of nitrogens with one attached hydrogen (secondary N) is 1. The number of benzene rings is 2. The molecule has 0 aliphatic heterocycles. The van der Waals surface area contributed by atoms with Gasteiger partial charge in [-0.2, -0.15) is 4.98 Å². The fourth-order valence-electron chi connectivity index (χ4n) is 2.59. The van der Waals surface area contributed by atoms with Crippen molar-refractivity contribution in [1.82, 2.24) is 14.8 Å². The van der Waals surface area contributed by atoms with Crippen molar-refractivity contribution < 1.29 is 14.3 Å². The summed E-state index contributed by atoms with van der Waals surface area (Å²) in [5.74, 6) is 1.26. The zero-order valence-electron chi connectivity index (χ0n) is 16.5. The van der Waals surface area contributed by atoms with Crippen molar-refractivity contribution in [3.8, 4) is 28.8 Å². The Hall–Kier alpha value is -3.35. The van der Waals surface area contributed by atoms with Gasteiger partial charge in [-0.05, 0) is 49.4 Å². The normalized spacial score (nSPS) is 10.8. The Bertz CT molecular complexity index is 949. The molecule has 1 amide bonds. The first-order valence-corrected chi connectivity index (χ1v) is 9.17. The molecule has 1 heterocycles. The van der Waals surface area contributed by atoms with E-state index >= 15 is 0 Å². The molecule has 7 nitrogen and oxygen atoms in total. The molecule has 0 saturated heterocycles. The summed E-state index contributed by atoms with van der Waals surface area (Å²) in [4.78, 5) is 16.5. The zero-order valence-corrected chi connectivity index (χ0v) is 16.5. The van der Waals surface area contributed by atoms with Gasteiger partial charge in [-0.1, -0.05) is 19.9 Å². The highest BCUT2D eigenvalue weighted by molar-refractivity contribution is 5.92. The molecule has 3 rings (SSSR count). The van der Waals surface area contributed by atoms with Gasteiger partial charge in [-0.15, -0.1) is 5.10 Å². The van der Waals surface area contributed by atoms with Crippen molar-refractivity contribution in [3.05, 3.63) is 48.5 Å². The molecule has 28 heavy (non-hydrogen) atoms. The summed E-state index contributed by atoms with van der Waals surface area (Å²) in [6, 6.07) is 15.3. The Labute approximate surface area is 164 Å². The maximum absolute atomic E-state index is 12.0. The van der Waals surface area contributed by atoms with E-state index in [2.05, 4.69) is 15.4 Å². The Balaban J connectivity index is 2.01. The van der Waals surface area contributed by atoms with Crippen LogP contribution in [-0.4, -0.2) is 34.4 Å². The quantitative estimate of drug-likeness (QED) is 0.672. The van der Waals surface area contributed by atoms with E-state index in [4.69, 9.17) is 9.47 Å². The Morgan fingerprint density at radius 3 is 2.57 bits per heavy atom. The molecule has 0 radical (unpaired) electrons. The molecule has 2 aromatic carbocycles. The minimum Gasteiger partial charge on any atom is -0.497 e. The van der Waals surface area contributed by atoms with Crippen LogP contribution in [0.25, 0.3) is 17.1 Å². The third-order valence-electron chi connectivity index (χ3n) is 4.09. The summed E-state index contributed by atoms with van der Waals surface area (Å²) in [6.07, 6.45) is 0. The van der Waals surface area contributed by atoms with Gasteiger partial charge in [0.05, 0.1) is 19.4 Å². The van der Waals surface area contributed by atoms with Gasteiger partial charge in [0, 0.05) is 17.2 Å². The molecular weight excluding hydrogens is 356 g/mol. The van der Waals surface area contributed by atoms with Crippen molar-refractivity contribution in [3.63, 3.8) is 0 Å². The summed E-state index contributed by atoms with van der Waals surface area (Å²) in [6.45, 7) is 6.06. The smallest absolute Gasteiger partial charge is 0.336 e. The van der Waals surface area contributed by atoms with Gasteiger partial charge in [0.2, 0.25) is 5.91 Å². The molecule has 0 atom stereocenters. The molecule has 0 bridgehead atoms. The van der Waals surface area contributed by atoms with E-state index in [1.165, 1.54) is 0 Å². The molecular formula is C21H24N4O3. The Kier molecular flexibility index (Phi) is 5.93. The lowest BCUT2D eigenvalue weighted by Crippen LogP contribution is -2.17. The van der Waals surface area contributed by atoms with E-state index in [1.807, 2.05) is 69.3 Å². The molecule has 0 aliphatic rings. The highest BCUT2D eigenvalue weighted by Crippen LogP contribution is 2.26. The van der Waals surface area contributed by atoms with Crippen LogP contribution in [0.4, 0.5) is 5.69 Å². The van der Waals surface area contributed by atoms with Gasteiger partial charge >= 0.3 is 6.01 Å². The van der Waals surface area contributed by atoms with Crippen LogP contribution in [0.3, 0.4) is 0 Å². The van der Waals surface area contributed by atoms with Crippen molar-refractivity contribution in [2.45, 2.75) is 20.8 Å². The van der Waals surface area contributed by atoms with Crippen LogP contribution in [0.2, 0.25) is 0 Å². The minimum atomic E-state index is -0.102. The molecule has 0 fully saturated rings. The molecule has 1 aromatic heterocycles. The molecule has 146 valence electrons. The number of amides is 1. The molecule has 7 heteroatoms. The van der Waals surface area contributed by atoms with Gasteiger partial charge in [0.1, 0.15) is 5.75 Å². The third-order valence-corrected chi connectivity index (χ3v) is 4.09. The number of anilines is 1. The summed E-state index contributed by atoms with van der Waals surface area (Å²) < 4.78 is 12.4. The maximum atomic E-state index is 12.0. The third kappa shape index (κ3) is 4.31. The van der Waals surface area contributed by atoms with E-state index in [0.717, 1.165) is 17.0 Å². The van der Waals surface area contributed by atoms with Gasteiger partial charge in [0.15, 0.2) is 5.82 Å². The standard InChI is InChI=1S/C21H24N4O3/c1-5-28-21-23-19(15-9-11-18(27-4)12-10-15)25(24-21)17-8-6-7-16(13-17)22-20(26)14(2)3/h6-14H,5H2,1-4H3,(H,22,26). The largest absolute Gasteiger partial charge is 0.497 e. The van der Waals surface area contributed by atoms with Gasteiger partial charge < -0.3 is 14.8 Å². The van der Waals surface area contributed by atoms with Crippen LogP contribution < -0.4 is 14.8 Å². The number of methoxy groups -OCH3 is 1. The number of ether oxygens (including phenoxy) is 2. The van der Waals surface area contributed by atoms with Crippen molar-refractivity contribution in [1.29, 1.82) is 0 Å². The number of carbonyl (C=O) groups excluding carboxylic acids is 1. The van der Waals surface area contributed by atoms with E-state index in [0.29, 0.717) is 24.1 Å². The average molecular weight is 380 g/mol. The number of hydrogen-bond donors (Lipinski definition) is 1. The van der Waals surface area contributed by atoms with Gasteiger partial charge in [0.25, 0.3) is 0 Å². The Morgan fingerprint density at radius 1 is 1.18 bits per heavy atom. The predicted molar refractivity (Wildman–Crippen MR) is 108 cm³/mol. The second-order valence-electron chi connectivity index (χ2n) is 6.49. The first-order valence-electron chi connectivity index (χ1n) is 9.17. The van der Waals surface area contributed by atoms with E-state index in [1.54, 1.807) is 11.8 Å². The van der Waals surface area contributed by atoms with Crippen LogP contribution in [0, 0.1) is 5.92 Å². The summed E-state index contributed by atoms with van der Waals surface area (Å²) in [5, 5.41) is 7.39. The molecule has 0 spiro atoms. The lowest BCUT2D eigenvalue weighted by molar-refractivity contribution is -0.118. The predicted octanol–water partition coefficient (Wildman–Crippen LogP) is 3.94. The number of aromatic nitrogens is 3. The monoisotopic (exact) mass is 380 g/mol. The highest BCUT2D eigenvalue weighted by atomic mass is 16.5. The zero-order chi connectivity index (χ0) is 20.1. The molecule has 0 saturated carbocycles. The van der Waals surface area contributed by atoms with E-state index in [-0.39, 0.29) is 11.8 Å². The SMILES string of the molecule is CCOc1nc(-c2ccc(OC)cc2)n(-c2cccc(NC(=O)C(C)C)c2)n1. The summed E-state index contributed by atoms with van der Waals surface area (Å²) >= 11 is 0. The first-order chi connectivity index (χ1) is 13.5. The van der Waals surface area contributed by atoms with Crippen molar-refractivity contribution >= 4 is 11.6 Å². The lowest BCUT2D eigenvalue weighted by atomic mass is 10.2. The first kappa shape index (κ1) is 19.4. The van der Waals surface area contributed by atoms with E-state index < -0.39 is 0 Å². The fourth-order valence-corrected chi connectivity index (χ4v) is 2.59. The number of nitrogens with zero attached hydrogens (tertiary/aromatic N) is 3. The number of rotatable bonds is 7. The molecule has 0 unspecified atom stereocenters. The second-order valence-corrected chi connectivity index (χ2v) is 6.49. The molecule has 0 aliphatic carbocycles. The van der Waals surface area contributed by atoms with Crippen LogP contribution >= 0.6 is 0 Å². The topological polar surface area (TPSA) is 78.3 Å². The maximum Gasteiger partial charge on any atom is 0.336 e. The Morgan fingerprint density at radius 2 is 1.93 bits per heavy atom. The van der Waals surface area contributed by atoms with Crippen LogP contribution in [0.15, 0.2) is 48.5 Å².